The Balaban J connectivity index is 0.00000288. The second-order valence-electron chi connectivity index (χ2n) is 6.06. The van der Waals surface area contributed by atoms with Crippen LogP contribution in [0.25, 0.3) is 0 Å². The number of hydrogen-bond acceptors (Lipinski definition) is 2. The molecule has 0 bridgehead atoms. The molecule has 3 nitrogen and oxygen atoms in total. The van der Waals surface area contributed by atoms with E-state index in [0.717, 1.165) is 31.2 Å². The summed E-state index contributed by atoms with van der Waals surface area (Å²) in [6.45, 7) is 4.08. The Morgan fingerprint density at radius 3 is 2.50 bits per heavy atom. The molecule has 0 aliphatic heterocycles. The molecule has 2 aromatic carbocycles. The predicted molar refractivity (Wildman–Crippen MR) is 104 cm³/mol. The third kappa shape index (κ3) is 5.89. The first kappa shape index (κ1) is 20.0. The number of nitrogen functional groups attached to an aromatic ring is 1. The van der Waals surface area contributed by atoms with E-state index in [2.05, 4.69) is 36.5 Å². The molecule has 0 aromatic heterocycles. The molecule has 4 heteroatoms. The van der Waals surface area contributed by atoms with Gasteiger partial charge in [0.05, 0.1) is 0 Å². The Bertz CT molecular complexity index is 643. The maximum atomic E-state index is 12.5. The summed E-state index contributed by atoms with van der Waals surface area (Å²) >= 11 is 0. The summed E-state index contributed by atoms with van der Waals surface area (Å²) in [5.74, 6) is -0.0266. The van der Waals surface area contributed by atoms with Crippen molar-refractivity contribution in [2.45, 2.75) is 45.6 Å². The highest BCUT2D eigenvalue weighted by Crippen LogP contribution is 2.14. The Kier molecular flexibility index (Phi) is 8.34. The molecule has 2 rings (SSSR count). The summed E-state index contributed by atoms with van der Waals surface area (Å²) in [7, 11) is 0. The molecule has 1 unspecified atom stereocenters. The lowest BCUT2D eigenvalue weighted by Gasteiger charge is -2.19. The molecular weight excluding hydrogens is 320 g/mol. The number of rotatable bonds is 7. The molecule has 0 heterocycles. The number of nitrogens with two attached hydrogens (primary N) is 1. The van der Waals surface area contributed by atoms with Crippen molar-refractivity contribution in [1.29, 1.82) is 0 Å². The van der Waals surface area contributed by atoms with Crippen LogP contribution in [0.2, 0.25) is 0 Å². The average molecular weight is 347 g/mol. The van der Waals surface area contributed by atoms with Crippen molar-refractivity contribution in [1.82, 2.24) is 5.32 Å². The van der Waals surface area contributed by atoms with Crippen molar-refractivity contribution in [2.24, 2.45) is 0 Å². The van der Waals surface area contributed by atoms with Gasteiger partial charge in [0.15, 0.2) is 0 Å². The fourth-order valence-electron chi connectivity index (χ4n) is 2.77. The van der Waals surface area contributed by atoms with E-state index in [9.17, 15) is 4.79 Å². The minimum absolute atomic E-state index is 0. The maximum Gasteiger partial charge on any atom is 0.251 e. The highest BCUT2D eigenvalue weighted by molar-refractivity contribution is 5.96. The van der Waals surface area contributed by atoms with Crippen LogP contribution >= 0.6 is 12.4 Å². The Hall–Kier alpha value is -2.00. The van der Waals surface area contributed by atoms with E-state index < -0.39 is 0 Å². The van der Waals surface area contributed by atoms with Gasteiger partial charge >= 0.3 is 0 Å². The van der Waals surface area contributed by atoms with E-state index in [-0.39, 0.29) is 24.4 Å². The standard InChI is InChI=1S/C20H26N2O.ClH/c1-3-7-18(13-11-16-8-5-4-6-9-16)22-20(23)19-14-17(21)12-10-15(19)2;/h4-6,8-10,12,14,18H,3,7,11,13,21H2,1-2H3,(H,22,23);1H. The summed E-state index contributed by atoms with van der Waals surface area (Å²) < 4.78 is 0. The minimum Gasteiger partial charge on any atom is -0.399 e. The molecule has 0 saturated heterocycles. The normalized spacial score (nSPS) is 11.4. The molecule has 130 valence electrons. The number of amides is 1. The average Bonchev–Trinajstić information content (AvgIpc) is 2.56. The quantitative estimate of drug-likeness (QED) is 0.723. The number of nitrogens with one attached hydrogen (secondary N) is 1. The van der Waals surface area contributed by atoms with E-state index in [0.29, 0.717) is 11.3 Å². The molecule has 0 spiro atoms. The highest BCUT2D eigenvalue weighted by Gasteiger charge is 2.15. The van der Waals surface area contributed by atoms with Crippen LogP contribution in [0.5, 0.6) is 0 Å². The van der Waals surface area contributed by atoms with Gasteiger partial charge in [0.25, 0.3) is 5.91 Å². The lowest BCUT2D eigenvalue weighted by molar-refractivity contribution is 0.0932. The zero-order chi connectivity index (χ0) is 16.7. The van der Waals surface area contributed by atoms with Crippen LogP contribution in [-0.2, 0) is 6.42 Å². The number of benzene rings is 2. The third-order valence-electron chi connectivity index (χ3n) is 4.10. The van der Waals surface area contributed by atoms with Crippen molar-refractivity contribution < 1.29 is 4.79 Å². The second-order valence-corrected chi connectivity index (χ2v) is 6.06. The molecule has 0 aliphatic rings. The topological polar surface area (TPSA) is 55.1 Å². The van der Waals surface area contributed by atoms with Gasteiger partial charge in [-0.25, -0.2) is 0 Å². The van der Waals surface area contributed by atoms with Gasteiger partial charge in [-0.3, -0.25) is 4.79 Å². The van der Waals surface area contributed by atoms with Crippen LogP contribution in [0.1, 0.15) is 47.7 Å². The van der Waals surface area contributed by atoms with Crippen LogP contribution in [0.4, 0.5) is 5.69 Å². The summed E-state index contributed by atoms with van der Waals surface area (Å²) in [4.78, 5) is 12.5. The molecule has 0 saturated carbocycles. The monoisotopic (exact) mass is 346 g/mol. The lowest BCUT2D eigenvalue weighted by atomic mass is 10.0. The number of halogens is 1. The van der Waals surface area contributed by atoms with Crippen molar-refractivity contribution in [3.05, 3.63) is 65.2 Å². The van der Waals surface area contributed by atoms with E-state index in [1.165, 1.54) is 5.56 Å². The summed E-state index contributed by atoms with van der Waals surface area (Å²) in [6.07, 6.45) is 3.96. The number of carbonyl (C=O) groups excluding carboxylic acids is 1. The fraction of sp³-hybridized carbons (Fsp3) is 0.350. The molecular formula is C20H27ClN2O. The summed E-state index contributed by atoms with van der Waals surface area (Å²) in [5.41, 5.74) is 9.37. The van der Waals surface area contributed by atoms with Gasteiger partial charge in [0.2, 0.25) is 0 Å². The predicted octanol–water partition coefficient (Wildman–Crippen LogP) is 4.53. The Morgan fingerprint density at radius 1 is 1.12 bits per heavy atom. The largest absolute Gasteiger partial charge is 0.399 e. The van der Waals surface area contributed by atoms with Crippen LogP contribution < -0.4 is 11.1 Å². The SMILES string of the molecule is CCCC(CCc1ccccc1)NC(=O)c1cc(N)ccc1C.Cl. The molecule has 2 aromatic rings. The number of anilines is 1. The number of carbonyl (C=O) groups is 1. The molecule has 0 aliphatic carbocycles. The van der Waals surface area contributed by atoms with Crippen LogP contribution in [0.3, 0.4) is 0 Å². The van der Waals surface area contributed by atoms with Gasteiger partial charge in [0.1, 0.15) is 0 Å². The van der Waals surface area contributed by atoms with E-state index in [1.807, 2.05) is 25.1 Å². The summed E-state index contributed by atoms with van der Waals surface area (Å²) in [5, 5.41) is 3.18. The molecule has 3 N–H and O–H groups in total. The molecule has 1 atom stereocenters. The Morgan fingerprint density at radius 2 is 1.83 bits per heavy atom. The first-order valence-corrected chi connectivity index (χ1v) is 8.31. The van der Waals surface area contributed by atoms with Gasteiger partial charge in [-0.1, -0.05) is 49.7 Å². The van der Waals surface area contributed by atoms with Gasteiger partial charge in [-0.05, 0) is 49.4 Å². The van der Waals surface area contributed by atoms with Crippen molar-refractivity contribution in [3.8, 4) is 0 Å². The number of hydrogen-bond donors (Lipinski definition) is 2. The van der Waals surface area contributed by atoms with Gasteiger partial charge < -0.3 is 11.1 Å². The Labute approximate surface area is 151 Å². The zero-order valence-corrected chi connectivity index (χ0v) is 15.2. The lowest BCUT2D eigenvalue weighted by Crippen LogP contribution is -2.35. The first-order chi connectivity index (χ1) is 11.1. The summed E-state index contributed by atoms with van der Waals surface area (Å²) in [6, 6.07) is 16.1. The van der Waals surface area contributed by atoms with E-state index >= 15 is 0 Å². The molecule has 0 radical (unpaired) electrons. The van der Waals surface area contributed by atoms with Crippen molar-refractivity contribution in [2.75, 3.05) is 5.73 Å². The highest BCUT2D eigenvalue weighted by atomic mass is 35.5. The molecule has 0 fully saturated rings. The van der Waals surface area contributed by atoms with Gasteiger partial charge in [-0.2, -0.15) is 0 Å². The van der Waals surface area contributed by atoms with Crippen LogP contribution in [-0.4, -0.2) is 11.9 Å². The second kappa shape index (κ2) is 9.99. The van der Waals surface area contributed by atoms with Crippen molar-refractivity contribution in [3.63, 3.8) is 0 Å². The van der Waals surface area contributed by atoms with Gasteiger partial charge in [-0.15, -0.1) is 12.4 Å². The van der Waals surface area contributed by atoms with Crippen LogP contribution in [0.15, 0.2) is 48.5 Å². The number of aryl methyl sites for hydroxylation is 2. The van der Waals surface area contributed by atoms with Crippen molar-refractivity contribution >= 4 is 24.0 Å². The maximum absolute atomic E-state index is 12.5. The van der Waals surface area contributed by atoms with E-state index in [1.54, 1.807) is 6.07 Å². The van der Waals surface area contributed by atoms with Gasteiger partial charge in [0, 0.05) is 17.3 Å². The third-order valence-corrected chi connectivity index (χ3v) is 4.10. The first-order valence-electron chi connectivity index (χ1n) is 8.31. The van der Waals surface area contributed by atoms with Crippen LogP contribution in [0, 0.1) is 6.92 Å². The van der Waals surface area contributed by atoms with E-state index in [4.69, 9.17) is 5.73 Å². The minimum atomic E-state index is -0.0266. The fourth-order valence-corrected chi connectivity index (χ4v) is 2.77. The molecule has 24 heavy (non-hydrogen) atoms. The molecule has 1 amide bonds. The zero-order valence-electron chi connectivity index (χ0n) is 14.4. The smallest absolute Gasteiger partial charge is 0.251 e.